The molecule has 0 spiro atoms. The highest BCUT2D eigenvalue weighted by Gasteiger charge is 2.30. The lowest BCUT2D eigenvalue weighted by Crippen LogP contribution is -2.23. The fourth-order valence-corrected chi connectivity index (χ4v) is 3.27. The molecule has 0 heterocycles. The topological polar surface area (TPSA) is 20.2 Å². The Labute approximate surface area is 147 Å². The second kappa shape index (κ2) is 7.11. The molecule has 0 aliphatic heterocycles. The van der Waals surface area contributed by atoms with E-state index in [1.54, 1.807) is 0 Å². The van der Waals surface area contributed by atoms with Gasteiger partial charge in [0, 0.05) is 0 Å². The summed E-state index contributed by atoms with van der Waals surface area (Å²) >= 11 is 0. The number of aliphatic hydroxyl groups excluding tert-OH is 1. The molecular formula is C23H32O. The number of benzene rings is 2. The van der Waals surface area contributed by atoms with Gasteiger partial charge in [0.25, 0.3) is 0 Å². The summed E-state index contributed by atoms with van der Waals surface area (Å²) in [4.78, 5) is 0. The summed E-state index contributed by atoms with van der Waals surface area (Å²) in [5, 5.41) is 10.6. The fourth-order valence-electron chi connectivity index (χ4n) is 3.27. The van der Waals surface area contributed by atoms with Crippen LogP contribution < -0.4 is 0 Å². The lowest BCUT2D eigenvalue weighted by Gasteiger charge is -2.36. The van der Waals surface area contributed by atoms with Crippen molar-refractivity contribution >= 4 is 0 Å². The van der Waals surface area contributed by atoms with E-state index in [0.29, 0.717) is 11.3 Å². The molecule has 0 radical (unpaired) electrons. The van der Waals surface area contributed by atoms with Crippen molar-refractivity contribution in [3.8, 4) is 0 Å². The molecule has 2 atom stereocenters. The number of hydrogen-bond donors (Lipinski definition) is 1. The Kier molecular flexibility index (Phi) is 5.55. The number of rotatable bonds is 4. The highest BCUT2D eigenvalue weighted by molar-refractivity contribution is 5.33. The van der Waals surface area contributed by atoms with Crippen LogP contribution in [0.2, 0.25) is 0 Å². The van der Waals surface area contributed by atoms with Gasteiger partial charge in [-0.25, -0.2) is 0 Å². The number of hydrogen-bond acceptors (Lipinski definition) is 1. The third-order valence-corrected chi connectivity index (χ3v) is 4.63. The summed E-state index contributed by atoms with van der Waals surface area (Å²) in [5.74, 6) is 0.500. The summed E-state index contributed by atoms with van der Waals surface area (Å²) < 4.78 is 0. The van der Waals surface area contributed by atoms with Crippen LogP contribution in [-0.4, -0.2) is 5.11 Å². The Morgan fingerprint density at radius 3 is 1.62 bits per heavy atom. The van der Waals surface area contributed by atoms with E-state index in [-0.39, 0.29) is 5.41 Å². The predicted molar refractivity (Wildman–Crippen MR) is 103 cm³/mol. The summed E-state index contributed by atoms with van der Waals surface area (Å²) in [7, 11) is 0. The van der Waals surface area contributed by atoms with Gasteiger partial charge in [0.15, 0.2) is 0 Å². The maximum absolute atomic E-state index is 10.6. The van der Waals surface area contributed by atoms with E-state index in [1.807, 2.05) is 30.3 Å². The van der Waals surface area contributed by atoms with Crippen molar-refractivity contribution < 1.29 is 5.11 Å². The van der Waals surface area contributed by atoms with Crippen molar-refractivity contribution in [1.82, 2.24) is 0 Å². The van der Waals surface area contributed by atoms with Crippen LogP contribution in [0.25, 0.3) is 0 Å². The van der Waals surface area contributed by atoms with E-state index < -0.39 is 6.10 Å². The molecule has 1 heteroatoms. The van der Waals surface area contributed by atoms with Gasteiger partial charge in [-0.2, -0.15) is 0 Å². The van der Waals surface area contributed by atoms with Crippen LogP contribution >= 0.6 is 0 Å². The molecular weight excluding hydrogens is 292 g/mol. The SMILES string of the molecule is CC(C)(C)CC(c1ccc(C(O)c2ccccc2)cc1)C(C)(C)C. The lowest BCUT2D eigenvalue weighted by atomic mass is 9.69. The highest BCUT2D eigenvalue weighted by atomic mass is 16.3. The predicted octanol–water partition coefficient (Wildman–Crippen LogP) is 6.33. The van der Waals surface area contributed by atoms with Gasteiger partial charge in [-0.05, 0) is 39.9 Å². The Morgan fingerprint density at radius 1 is 0.708 bits per heavy atom. The summed E-state index contributed by atoms with van der Waals surface area (Å²) in [6, 6.07) is 18.4. The van der Waals surface area contributed by atoms with Crippen LogP contribution in [0.3, 0.4) is 0 Å². The van der Waals surface area contributed by atoms with E-state index in [4.69, 9.17) is 0 Å². The van der Waals surface area contributed by atoms with Crippen molar-refractivity contribution in [1.29, 1.82) is 0 Å². The van der Waals surface area contributed by atoms with Gasteiger partial charge in [-0.3, -0.25) is 0 Å². The van der Waals surface area contributed by atoms with Crippen molar-refractivity contribution in [2.75, 3.05) is 0 Å². The van der Waals surface area contributed by atoms with Gasteiger partial charge in [0.1, 0.15) is 6.10 Å². The molecule has 0 amide bonds. The van der Waals surface area contributed by atoms with E-state index in [2.05, 4.69) is 65.8 Å². The first-order valence-electron chi connectivity index (χ1n) is 8.91. The van der Waals surface area contributed by atoms with E-state index in [9.17, 15) is 5.11 Å². The third-order valence-electron chi connectivity index (χ3n) is 4.63. The summed E-state index contributed by atoms with van der Waals surface area (Å²) in [6.07, 6.45) is 0.591. The Balaban J connectivity index is 2.26. The summed E-state index contributed by atoms with van der Waals surface area (Å²) in [5.41, 5.74) is 3.76. The molecule has 0 saturated heterocycles. The zero-order valence-electron chi connectivity index (χ0n) is 16.0. The molecule has 1 N–H and O–H groups in total. The molecule has 0 fully saturated rings. The van der Waals surface area contributed by atoms with Crippen LogP contribution in [0.4, 0.5) is 0 Å². The van der Waals surface area contributed by atoms with Crippen LogP contribution in [0.1, 0.15) is 76.7 Å². The molecule has 0 bridgehead atoms. The molecule has 130 valence electrons. The number of aliphatic hydroxyl groups is 1. The quantitative estimate of drug-likeness (QED) is 0.696. The van der Waals surface area contributed by atoms with Crippen molar-refractivity contribution in [2.24, 2.45) is 10.8 Å². The molecule has 1 nitrogen and oxygen atoms in total. The maximum Gasteiger partial charge on any atom is 0.104 e. The molecule has 0 saturated carbocycles. The standard InChI is InChI=1S/C23H32O/c1-22(2,3)16-20(23(4,5)6)17-12-14-19(15-13-17)21(24)18-10-8-7-9-11-18/h7-15,20-21,24H,16H2,1-6H3. The van der Waals surface area contributed by atoms with Crippen molar-refractivity contribution in [3.63, 3.8) is 0 Å². The second-order valence-corrected chi connectivity index (χ2v) is 9.16. The average Bonchev–Trinajstić information content (AvgIpc) is 2.51. The Hall–Kier alpha value is -1.60. The zero-order valence-corrected chi connectivity index (χ0v) is 16.0. The second-order valence-electron chi connectivity index (χ2n) is 9.16. The Bertz CT molecular complexity index is 626. The van der Waals surface area contributed by atoms with Gasteiger partial charge >= 0.3 is 0 Å². The molecule has 24 heavy (non-hydrogen) atoms. The fraction of sp³-hybridized carbons (Fsp3) is 0.478. The minimum atomic E-state index is -0.559. The largest absolute Gasteiger partial charge is 0.384 e. The molecule has 2 unspecified atom stereocenters. The van der Waals surface area contributed by atoms with Gasteiger partial charge in [-0.15, -0.1) is 0 Å². The molecule has 2 rings (SSSR count). The molecule has 0 aromatic heterocycles. The molecule has 2 aromatic carbocycles. The normalized spacial score (nSPS) is 15.1. The highest BCUT2D eigenvalue weighted by Crippen LogP contribution is 2.43. The first kappa shape index (κ1) is 18.7. The van der Waals surface area contributed by atoms with Gasteiger partial charge in [-0.1, -0.05) is 96.1 Å². The van der Waals surface area contributed by atoms with Crippen LogP contribution in [0.15, 0.2) is 54.6 Å². The zero-order chi connectivity index (χ0) is 18.0. The molecule has 2 aromatic rings. The van der Waals surface area contributed by atoms with Gasteiger partial charge < -0.3 is 5.11 Å². The minimum absolute atomic E-state index is 0.215. The van der Waals surface area contributed by atoms with Crippen molar-refractivity contribution in [3.05, 3.63) is 71.3 Å². The first-order chi connectivity index (χ1) is 11.1. The van der Waals surface area contributed by atoms with Gasteiger partial charge in [0.05, 0.1) is 0 Å². The van der Waals surface area contributed by atoms with Crippen molar-refractivity contribution in [2.45, 2.75) is 60.0 Å². The first-order valence-corrected chi connectivity index (χ1v) is 8.91. The van der Waals surface area contributed by atoms with Crippen LogP contribution in [-0.2, 0) is 0 Å². The maximum atomic E-state index is 10.6. The smallest absolute Gasteiger partial charge is 0.104 e. The molecule has 0 aliphatic rings. The van der Waals surface area contributed by atoms with E-state index >= 15 is 0 Å². The third kappa shape index (κ3) is 4.95. The van der Waals surface area contributed by atoms with Crippen LogP contribution in [0.5, 0.6) is 0 Å². The monoisotopic (exact) mass is 324 g/mol. The van der Waals surface area contributed by atoms with E-state index in [0.717, 1.165) is 17.5 Å². The Morgan fingerprint density at radius 2 is 1.17 bits per heavy atom. The average molecular weight is 325 g/mol. The van der Waals surface area contributed by atoms with E-state index in [1.165, 1.54) is 5.56 Å². The van der Waals surface area contributed by atoms with Gasteiger partial charge in [0.2, 0.25) is 0 Å². The minimum Gasteiger partial charge on any atom is -0.384 e. The van der Waals surface area contributed by atoms with Crippen LogP contribution in [0, 0.1) is 10.8 Å². The molecule has 0 aliphatic carbocycles. The lowest BCUT2D eigenvalue weighted by molar-refractivity contribution is 0.219. The summed E-state index contributed by atoms with van der Waals surface area (Å²) in [6.45, 7) is 13.9.